The summed E-state index contributed by atoms with van der Waals surface area (Å²) in [6, 6.07) is 1.12. The Hall–Kier alpha value is -3.51. The summed E-state index contributed by atoms with van der Waals surface area (Å²) >= 11 is 0. The molecule has 0 aliphatic rings. The standard InChI is InChI=1S/C19H21F2N5O5/c1-29-15-3-16(30-2)18(21)14(17(15)20)10-31-13-5-22-19(23-6-13)25-11-4-24-26(7-11)8-12(28)9-27/h3-7,12,27-28H,8-10H2,1-2H3,(H,22,23,25)/t12-/m0/s1. The van der Waals surface area contributed by atoms with Crippen LogP contribution in [0.3, 0.4) is 0 Å². The van der Waals surface area contributed by atoms with Crippen molar-refractivity contribution in [1.82, 2.24) is 19.7 Å². The lowest BCUT2D eigenvalue weighted by molar-refractivity contribution is 0.0783. The van der Waals surface area contributed by atoms with Gasteiger partial charge in [0.15, 0.2) is 28.9 Å². The molecule has 3 N–H and O–H groups in total. The van der Waals surface area contributed by atoms with E-state index in [0.29, 0.717) is 5.69 Å². The minimum Gasteiger partial charge on any atom is -0.494 e. The van der Waals surface area contributed by atoms with Crippen LogP contribution in [-0.2, 0) is 13.2 Å². The van der Waals surface area contributed by atoms with Crippen molar-refractivity contribution in [3.63, 3.8) is 0 Å². The topological polar surface area (TPSA) is 124 Å². The van der Waals surface area contributed by atoms with Crippen LogP contribution in [0, 0.1) is 11.6 Å². The molecule has 0 fully saturated rings. The number of ether oxygens (including phenoxy) is 3. The van der Waals surface area contributed by atoms with Crippen molar-refractivity contribution in [3.8, 4) is 17.2 Å². The first-order valence-corrected chi connectivity index (χ1v) is 9.07. The molecule has 12 heteroatoms. The quantitative estimate of drug-likeness (QED) is 0.434. The van der Waals surface area contributed by atoms with Crippen molar-refractivity contribution < 1.29 is 33.2 Å². The molecule has 0 unspecified atom stereocenters. The third kappa shape index (κ3) is 5.35. The Morgan fingerprint density at radius 3 is 2.32 bits per heavy atom. The van der Waals surface area contributed by atoms with Crippen LogP contribution in [0.5, 0.6) is 17.2 Å². The predicted molar refractivity (Wildman–Crippen MR) is 104 cm³/mol. The zero-order chi connectivity index (χ0) is 22.4. The monoisotopic (exact) mass is 437 g/mol. The van der Waals surface area contributed by atoms with E-state index in [9.17, 15) is 13.9 Å². The van der Waals surface area contributed by atoms with Crippen molar-refractivity contribution in [2.24, 2.45) is 0 Å². The van der Waals surface area contributed by atoms with Gasteiger partial charge in [0.2, 0.25) is 5.95 Å². The molecule has 0 spiro atoms. The Labute approximate surface area is 176 Å². The molecule has 0 radical (unpaired) electrons. The Balaban J connectivity index is 1.64. The highest BCUT2D eigenvalue weighted by molar-refractivity contribution is 5.50. The summed E-state index contributed by atoms with van der Waals surface area (Å²) in [7, 11) is 2.52. The van der Waals surface area contributed by atoms with Crippen molar-refractivity contribution in [2.45, 2.75) is 19.3 Å². The number of aromatic nitrogens is 4. The van der Waals surface area contributed by atoms with Gasteiger partial charge in [-0.25, -0.2) is 18.7 Å². The average Bonchev–Trinajstić information content (AvgIpc) is 3.21. The highest BCUT2D eigenvalue weighted by Gasteiger charge is 2.20. The SMILES string of the molecule is COc1cc(OC)c(F)c(COc2cnc(Nc3cnn(C[C@H](O)CO)c3)nc2)c1F. The van der Waals surface area contributed by atoms with E-state index in [1.807, 2.05) is 0 Å². The van der Waals surface area contributed by atoms with Gasteiger partial charge in [-0.2, -0.15) is 5.10 Å². The molecule has 0 aliphatic heterocycles. The molecule has 10 nitrogen and oxygen atoms in total. The number of hydrogen-bond acceptors (Lipinski definition) is 9. The second-order valence-electron chi connectivity index (χ2n) is 6.33. The Kier molecular flexibility index (Phi) is 7.15. The van der Waals surface area contributed by atoms with E-state index in [1.54, 1.807) is 6.20 Å². The molecule has 0 saturated heterocycles. The van der Waals surface area contributed by atoms with Crippen molar-refractivity contribution in [2.75, 3.05) is 26.1 Å². The van der Waals surface area contributed by atoms with Gasteiger partial charge in [-0.3, -0.25) is 4.68 Å². The number of aliphatic hydroxyl groups is 2. The molecular formula is C19H21F2N5O5. The van der Waals surface area contributed by atoms with Crippen LogP contribution in [0.2, 0.25) is 0 Å². The van der Waals surface area contributed by atoms with Gasteiger partial charge in [-0.1, -0.05) is 0 Å². The fraction of sp³-hybridized carbons (Fsp3) is 0.316. The van der Waals surface area contributed by atoms with Crippen molar-refractivity contribution in [3.05, 3.63) is 48.1 Å². The molecule has 3 aromatic rings. The lowest BCUT2D eigenvalue weighted by Crippen LogP contribution is -2.19. The average molecular weight is 437 g/mol. The lowest BCUT2D eigenvalue weighted by atomic mass is 10.1. The predicted octanol–water partition coefficient (Wildman–Crippen LogP) is 1.64. The van der Waals surface area contributed by atoms with Crippen LogP contribution in [0.4, 0.5) is 20.4 Å². The van der Waals surface area contributed by atoms with Gasteiger partial charge in [0.1, 0.15) is 6.61 Å². The number of hydrogen-bond donors (Lipinski definition) is 3. The minimum absolute atomic E-state index is 0.133. The fourth-order valence-corrected chi connectivity index (χ4v) is 2.60. The molecule has 0 aliphatic carbocycles. The lowest BCUT2D eigenvalue weighted by Gasteiger charge is -2.13. The highest BCUT2D eigenvalue weighted by Crippen LogP contribution is 2.32. The summed E-state index contributed by atoms with van der Waals surface area (Å²) in [5.41, 5.74) is 0.210. The highest BCUT2D eigenvalue weighted by atomic mass is 19.1. The van der Waals surface area contributed by atoms with Gasteiger partial charge in [-0.15, -0.1) is 0 Å². The molecule has 1 aromatic carbocycles. The molecule has 0 bridgehead atoms. The number of benzene rings is 1. The molecule has 2 heterocycles. The third-order valence-electron chi connectivity index (χ3n) is 4.17. The number of nitrogens with one attached hydrogen (secondary N) is 1. The van der Waals surface area contributed by atoms with Gasteiger partial charge in [0, 0.05) is 12.3 Å². The maximum atomic E-state index is 14.4. The summed E-state index contributed by atoms with van der Waals surface area (Å²) in [6.07, 6.45) is 4.86. The summed E-state index contributed by atoms with van der Waals surface area (Å²) in [5, 5.41) is 25.2. The number of anilines is 2. The van der Waals surface area contributed by atoms with Gasteiger partial charge < -0.3 is 29.7 Å². The normalized spacial score (nSPS) is 11.8. The summed E-state index contributed by atoms with van der Waals surface area (Å²) in [5.74, 6) is -1.69. The molecule has 1 atom stereocenters. The zero-order valence-corrected chi connectivity index (χ0v) is 16.7. The van der Waals surface area contributed by atoms with Gasteiger partial charge in [0.25, 0.3) is 0 Å². The van der Waals surface area contributed by atoms with E-state index in [-0.39, 0.29) is 41.9 Å². The smallest absolute Gasteiger partial charge is 0.227 e. The summed E-state index contributed by atoms with van der Waals surface area (Å²) in [4.78, 5) is 8.15. The third-order valence-corrected chi connectivity index (χ3v) is 4.17. The van der Waals surface area contributed by atoms with Crippen molar-refractivity contribution in [1.29, 1.82) is 0 Å². The Bertz CT molecular complexity index is 987. The first-order chi connectivity index (χ1) is 14.9. The molecule has 0 amide bonds. The minimum atomic E-state index is -0.917. The van der Waals surface area contributed by atoms with Crippen LogP contribution < -0.4 is 19.5 Å². The van der Waals surface area contributed by atoms with Crippen LogP contribution >= 0.6 is 0 Å². The summed E-state index contributed by atoms with van der Waals surface area (Å²) in [6.45, 7) is -0.668. The Morgan fingerprint density at radius 1 is 1.10 bits per heavy atom. The van der Waals surface area contributed by atoms with Gasteiger partial charge >= 0.3 is 0 Å². The van der Waals surface area contributed by atoms with Crippen LogP contribution in [0.1, 0.15) is 5.56 Å². The van der Waals surface area contributed by atoms with E-state index in [2.05, 4.69) is 20.4 Å². The number of methoxy groups -OCH3 is 2. The molecule has 0 saturated carbocycles. The van der Waals surface area contributed by atoms with Gasteiger partial charge in [0.05, 0.1) is 63.3 Å². The molecule has 3 rings (SSSR count). The number of rotatable bonds is 10. The second kappa shape index (κ2) is 10.00. The number of nitrogens with zero attached hydrogens (tertiary/aromatic N) is 4. The first-order valence-electron chi connectivity index (χ1n) is 9.07. The molecular weight excluding hydrogens is 416 g/mol. The number of aliphatic hydroxyl groups excluding tert-OH is 2. The van der Waals surface area contributed by atoms with Crippen LogP contribution in [-0.4, -0.2) is 56.9 Å². The largest absolute Gasteiger partial charge is 0.494 e. The maximum absolute atomic E-state index is 14.4. The van der Waals surface area contributed by atoms with E-state index in [4.69, 9.17) is 19.3 Å². The molecule has 2 aromatic heterocycles. The summed E-state index contributed by atoms with van der Waals surface area (Å²) < 4.78 is 45.4. The van der Waals surface area contributed by atoms with Crippen LogP contribution in [0.15, 0.2) is 30.9 Å². The van der Waals surface area contributed by atoms with Gasteiger partial charge in [-0.05, 0) is 0 Å². The second-order valence-corrected chi connectivity index (χ2v) is 6.33. The number of halogens is 2. The zero-order valence-electron chi connectivity index (χ0n) is 16.7. The Morgan fingerprint density at radius 2 is 1.74 bits per heavy atom. The van der Waals surface area contributed by atoms with E-state index >= 15 is 0 Å². The van der Waals surface area contributed by atoms with E-state index in [1.165, 1.54) is 37.5 Å². The van der Waals surface area contributed by atoms with Crippen LogP contribution in [0.25, 0.3) is 0 Å². The van der Waals surface area contributed by atoms with E-state index < -0.39 is 24.3 Å². The molecule has 31 heavy (non-hydrogen) atoms. The van der Waals surface area contributed by atoms with E-state index in [0.717, 1.165) is 6.07 Å². The maximum Gasteiger partial charge on any atom is 0.227 e. The first kappa shape index (κ1) is 22.2. The van der Waals surface area contributed by atoms with Crippen molar-refractivity contribution >= 4 is 11.6 Å². The fourth-order valence-electron chi connectivity index (χ4n) is 2.60. The molecule has 166 valence electrons.